The van der Waals surface area contributed by atoms with Gasteiger partial charge in [0.05, 0.1) is 0 Å². The molecule has 1 rings (SSSR count). The van der Waals surface area contributed by atoms with Crippen LogP contribution in [0.3, 0.4) is 0 Å². The Hall–Kier alpha value is -1.44. The van der Waals surface area contributed by atoms with Crippen LogP contribution < -0.4 is 0 Å². The van der Waals surface area contributed by atoms with Crippen molar-refractivity contribution in [3.8, 4) is 0 Å². The van der Waals surface area contributed by atoms with Gasteiger partial charge in [0.25, 0.3) is 6.29 Å². The standard InChI is InChI=1S/C10H9O2/c1-2-8-4-3-5-9(6-8)10(12)7-11/h3-6H,2H2,1H3. The van der Waals surface area contributed by atoms with E-state index in [0.29, 0.717) is 5.56 Å². The second-order valence-corrected chi connectivity index (χ2v) is 2.49. The molecule has 0 aliphatic rings. The number of Topliss-reactive ketones (excluding diaryl/α,β-unsaturated/α-hetero) is 1. The normalized spacial score (nSPS) is 9.42. The van der Waals surface area contributed by atoms with Gasteiger partial charge < -0.3 is 0 Å². The summed E-state index contributed by atoms with van der Waals surface area (Å²) >= 11 is 0. The van der Waals surface area contributed by atoms with E-state index in [2.05, 4.69) is 0 Å². The highest BCUT2D eigenvalue weighted by Crippen LogP contribution is 2.05. The molecule has 1 aromatic rings. The first-order valence-corrected chi connectivity index (χ1v) is 3.79. The van der Waals surface area contributed by atoms with E-state index >= 15 is 0 Å². The van der Waals surface area contributed by atoms with Crippen molar-refractivity contribution in [1.82, 2.24) is 0 Å². The lowest BCUT2D eigenvalue weighted by Gasteiger charge is -1.97. The summed E-state index contributed by atoms with van der Waals surface area (Å²) in [5.41, 5.74) is 1.47. The fourth-order valence-electron chi connectivity index (χ4n) is 0.991. The predicted molar refractivity (Wildman–Crippen MR) is 45.8 cm³/mol. The fourth-order valence-corrected chi connectivity index (χ4v) is 0.991. The predicted octanol–water partition coefficient (Wildman–Crippen LogP) is 1.54. The molecule has 0 N–H and O–H groups in total. The Labute approximate surface area is 71.2 Å². The summed E-state index contributed by atoms with van der Waals surface area (Å²) in [6, 6.07) is 7.02. The average molecular weight is 161 g/mol. The molecule has 0 bridgehead atoms. The Morgan fingerprint density at radius 3 is 2.83 bits per heavy atom. The highest BCUT2D eigenvalue weighted by atomic mass is 16.2. The zero-order valence-corrected chi connectivity index (χ0v) is 6.83. The number of carbonyl (C=O) groups excluding carboxylic acids is 2. The third-order valence-electron chi connectivity index (χ3n) is 1.69. The van der Waals surface area contributed by atoms with E-state index in [1.807, 2.05) is 13.0 Å². The van der Waals surface area contributed by atoms with Gasteiger partial charge in [-0.05, 0) is 18.1 Å². The monoisotopic (exact) mass is 161 g/mol. The topological polar surface area (TPSA) is 34.1 Å². The molecule has 0 amide bonds. The van der Waals surface area contributed by atoms with Crippen LogP contribution in [0.4, 0.5) is 0 Å². The number of rotatable bonds is 3. The zero-order valence-electron chi connectivity index (χ0n) is 6.83. The summed E-state index contributed by atoms with van der Waals surface area (Å²) in [5.74, 6) is -0.578. The summed E-state index contributed by atoms with van der Waals surface area (Å²) in [6.45, 7) is 1.99. The maximum Gasteiger partial charge on any atom is 0.277 e. The van der Waals surface area contributed by atoms with Gasteiger partial charge in [-0.2, -0.15) is 0 Å². The van der Waals surface area contributed by atoms with Crippen molar-refractivity contribution in [2.24, 2.45) is 0 Å². The van der Waals surface area contributed by atoms with E-state index in [0.717, 1.165) is 12.0 Å². The van der Waals surface area contributed by atoms with Gasteiger partial charge in [-0.15, -0.1) is 0 Å². The molecule has 0 unspecified atom stereocenters. The van der Waals surface area contributed by atoms with Crippen LogP contribution in [0.15, 0.2) is 24.3 Å². The maximum absolute atomic E-state index is 10.9. The van der Waals surface area contributed by atoms with E-state index in [1.165, 1.54) is 6.29 Å². The summed E-state index contributed by atoms with van der Waals surface area (Å²) in [4.78, 5) is 20.9. The number of hydrogen-bond acceptors (Lipinski definition) is 2. The number of carbonyl (C=O) groups is 1. The molecule has 61 valence electrons. The van der Waals surface area contributed by atoms with Crippen LogP contribution in [0, 0.1) is 0 Å². The lowest BCUT2D eigenvalue weighted by molar-refractivity contribution is 0.106. The molecule has 0 spiro atoms. The van der Waals surface area contributed by atoms with E-state index in [-0.39, 0.29) is 0 Å². The number of hydrogen-bond donors (Lipinski definition) is 0. The molecule has 12 heavy (non-hydrogen) atoms. The zero-order chi connectivity index (χ0) is 8.97. The molecule has 0 atom stereocenters. The van der Waals surface area contributed by atoms with Crippen molar-refractivity contribution in [2.75, 3.05) is 0 Å². The minimum atomic E-state index is -0.578. The minimum Gasteiger partial charge on any atom is -0.285 e. The second kappa shape index (κ2) is 3.81. The van der Waals surface area contributed by atoms with Gasteiger partial charge >= 0.3 is 0 Å². The smallest absolute Gasteiger partial charge is 0.277 e. The van der Waals surface area contributed by atoms with Crippen molar-refractivity contribution >= 4 is 12.1 Å². The second-order valence-electron chi connectivity index (χ2n) is 2.49. The highest BCUT2D eigenvalue weighted by molar-refractivity contribution is 6.33. The molecule has 0 saturated carbocycles. The average Bonchev–Trinajstić information content (AvgIpc) is 2.17. The van der Waals surface area contributed by atoms with Crippen LogP contribution in [-0.4, -0.2) is 12.1 Å². The van der Waals surface area contributed by atoms with Crippen molar-refractivity contribution < 1.29 is 9.59 Å². The van der Waals surface area contributed by atoms with Crippen LogP contribution >= 0.6 is 0 Å². The molecule has 0 aliphatic heterocycles. The van der Waals surface area contributed by atoms with Gasteiger partial charge in [0, 0.05) is 5.56 Å². The van der Waals surface area contributed by atoms with Crippen molar-refractivity contribution in [2.45, 2.75) is 13.3 Å². The molecule has 0 aromatic heterocycles. The molecule has 2 heteroatoms. The van der Waals surface area contributed by atoms with E-state index < -0.39 is 5.78 Å². The molecule has 0 aliphatic carbocycles. The Kier molecular flexibility index (Phi) is 2.75. The Morgan fingerprint density at radius 2 is 2.25 bits per heavy atom. The van der Waals surface area contributed by atoms with Gasteiger partial charge in [-0.1, -0.05) is 25.1 Å². The SMILES string of the molecule is CCc1cccc(C(=O)[C]=O)c1. The Bertz CT molecular complexity index is 302. The first-order valence-electron chi connectivity index (χ1n) is 3.79. The van der Waals surface area contributed by atoms with E-state index in [1.54, 1.807) is 18.2 Å². The third kappa shape index (κ3) is 1.78. The van der Waals surface area contributed by atoms with Gasteiger partial charge in [0.1, 0.15) is 0 Å². The van der Waals surface area contributed by atoms with Gasteiger partial charge in [-0.3, -0.25) is 9.59 Å². The van der Waals surface area contributed by atoms with Crippen LogP contribution in [0.1, 0.15) is 22.8 Å². The van der Waals surface area contributed by atoms with Gasteiger partial charge in [0.15, 0.2) is 0 Å². The number of benzene rings is 1. The highest BCUT2D eigenvalue weighted by Gasteiger charge is 2.04. The molecular weight excluding hydrogens is 152 g/mol. The quantitative estimate of drug-likeness (QED) is 0.497. The fraction of sp³-hybridized carbons (Fsp3) is 0.200. The molecule has 0 heterocycles. The maximum atomic E-state index is 10.9. The lowest BCUT2D eigenvalue weighted by atomic mass is 10.1. The van der Waals surface area contributed by atoms with Crippen molar-refractivity contribution in [3.05, 3.63) is 35.4 Å². The molecule has 0 fully saturated rings. The van der Waals surface area contributed by atoms with Crippen molar-refractivity contribution in [3.63, 3.8) is 0 Å². The Balaban J connectivity index is 3.01. The Morgan fingerprint density at radius 1 is 1.50 bits per heavy atom. The van der Waals surface area contributed by atoms with Crippen molar-refractivity contribution in [1.29, 1.82) is 0 Å². The molecular formula is C10H9O2. The summed E-state index contributed by atoms with van der Waals surface area (Å²) in [7, 11) is 0. The molecule has 1 aromatic carbocycles. The molecule has 1 radical (unpaired) electrons. The van der Waals surface area contributed by atoms with Gasteiger partial charge in [0.2, 0.25) is 5.78 Å². The third-order valence-corrected chi connectivity index (χ3v) is 1.69. The minimum absolute atomic E-state index is 0.421. The van der Waals surface area contributed by atoms with Crippen LogP contribution in [0.2, 0.25) is 0 Å². The van der Waals surface area contributed by atoms with Crippen LogP contribution in [0.25, 0.3) is 0 Å². The first-order chi connectivity index (χ1) is 5.77. The van der Waals surface area contributed by atoms with Gasteiger partial charge in [-0.25, -0.2) is 0 Å². The summed E-state index contributed by atoms with van der Waals surface area (Å²) < 4.78 is 0. The van der Waals surface area contributed by atoms with Crippen LogP contribution in [0.5, 0.6) is 0 Å². The summed E-state index contributed by atoms with van der Waals surface area (Å²) in [6.07, 6.45) is 2.20. The lowest BCUT2D eigenvalue weighted by Crippen LogP contribution is -1.99. The number of aryl methyl sites for hydroxylation is 1. The van der Waals surface area contributed by atoms with Crippen LogP contribution in [-0.2, 0) is 11.2 Å². The van der Waals surface area contributed by atoms with E-state index in [4.69, 9.17) is 0 Å². The number of ketones is 1. The first kappa shape index (κ1) is 8.65. The largest absolute Gasteiger partial charge is 0.285 e. The summed E-state index contributed by atoms with van der Waals surface area (Å²) in [5, 5.41) is 0. The molecule has 0 saturated heterocycles. The molecule has 2 nitrogen and oxygen atoms in total. The van der Waals surface area contributed by atoms with E-state index in [9.17, 15) is 9.59 Å².